The Kier molecular flexibility index (Phi) is 4.86. The van der Waals surface area contributed by atoms with Crippen molar-refractivity contribution in [1.29, 1.82) is 0 Å². The lowest BCUT2D eigenvalue weighted by Gasteiger charge is -2.32. The van der Waals surface area contributed by atoms with Crippen LogP contribution in [0.4, 0.5) is 4.39 Å². The highest BCUT2D eigenvalue weighted by molar-refractivity contribution is 7.87. The first-order chi connectivity index (χ1) is 9.85. The molecule has 1 atom stereocenters. The normalized spacial score (nSPS) is 19.5. The van der Waals surface area contributed by atoms with Crippen molar-refractivity contribution in [3.05, 3.63) is 29.8 Å². The summed E-state index contributed by atoms with van der Waals surface area (Å²) in [5, 5.41) is 4.89. The predicted molar refractivity (Wildman–Crippen MR) is 73.9 cm³/mol. The van der Waals surface area contributed by atoms with Crippen LogP contribution in [0.5, 0.6) is 0 Å². The van der Waals surface area contributed by atoms with Crippen LogP contribution in [0.15, 0.2) is 18.3 Å². The van der Waals surface area contributed by atoms with E-state index < -0.39 is 16.0 Å². The van der Waals surface area contributed by atoms with Gasteiger partial charge in [-0.15, -0.1) is 0 Å². The number of halogens is 1. The van der Waals surface area contributed by atoms with Crippen LogP contribution in [0.3, 0.4) is 0 Å². The Labute approximate surface area is 122 Å². The summed E-state index contributed by atoms with van der Waals surface area (Å²) < 4.78 is 36.8. The Morgan fingerprint density at radius 1 is 1.52 bits per heavy atom. The van der Waals surface area contributed by atoms with Crippen LogP contribution >= 0.6 is 0 Å². The van der Waals surface area contributed by atoms with Gasteiger partial charge < -0.3 is 4.90 Å². The highest BCUT2D eigenvalue weighted by atomic mass is 32.2. The fraction of sp³-hybridized carbons (Fsp3) is 0.500. The van der Waals surface area contributed by atoms with Gasteiger partial charge in [0.05, 0.1) is 6.20 Å². The Morgan fingerprint density at radius 3 is 2.90 bits per heavy atom. The number of rotatable bonds is 4. The van der Waals surface area contributed by atoms with Gasteiger partial charge in [0.2, 0.25) is 0 Å². The second kappa shape index (κ2) is 6.46. The van der Waals surface area contributed by atoms with Gasteiger partial charge in [0, 0.05) is 19.6 Å². The van der Waals surface area contributed by atoms with Crippen molar-refractivity contribution in [2.75, 3.05) is 19.6 Å². The molecule has 1 amide bonds. The summed E-state index contributed by atoms with van der Waals surface area (Å²) in [7, 11) is -3.73. The van der Waals surface area contributed by atoms with E-state index >= 15 is 0 Å². The lowest BCUT2D eigenvalue weighted by atomic mass is 9.98. The first-order valence-corrected chi connectivity index (χ1v) is 8.08. The summed E-state index contributed by atoms with van der Waals surface area (Å²) in [6.07, 6.45) is 2.57. The minimum absolute atomic E-state index is 0.00136. The molecule has 0 spiro atoms. The van der Waals surface area contributed by atoms with E-state index in [2.05, 4.69) is 9.71 Å². The third-order valence-electron chi connectivity index (χ3n) is 3.33. The van der Waals surface area contributed by atoms with Crippen molar-refractivity contribution in [2.24, 2.45) is 11.1 Å². The molecule has 0 saturated carbocycles. The standard InChI is InChI=1S/C12H17FN4O3S/c13-10-3-4-11(15-7-10)12(18)17-5-1-2-9(8-17)6-16-21(14,19)20/h3-4,7,9,16H,1-2,5-6,8H2,(H2,14,19,20). The van der Waals surface area contributed by atoms with E-state index in [0.29, 0.717) is 13.1 Å². The molecule has 0 bridgehead atoms. The summed E-state index contributed by atoms with van der Waals surface area (Å²) in [6.45, 7) is 1.18. The zero-order valence-electron chi connectivity index (χ0n) is 11.3. The van der Waals surface area contributed by atoms with E-state index in [1.54, 1.807) is 4.90 Å². The van der Waals surface area contributed by atoms with Crippen LogP contribution in [-0.4, -0.2) is 43.8 Å². The van der Waals surface area contributed by atoms with Crippen molar-refractivity contribution < 1.29 is 17.6 Å². The van der Waals surface area contributed by atoms with Crippen LogP contribution in [0.2, 0.25) is 0 Å². The van der Waals surface area contributed by atoms with E-state index in [4.69, 9.17) is 5.14 Å². The van der Waals surface area contributed by atoms with Gasteiger partial charge in [-0.2, -0.15) is 8.42 Å². The number of pyridine rings is 1. The molecular weight excluding hydrogens is 299 g/mol. The van der Waals surface area contributed by atoms with Crippen molar-refractivity contribution in [3.8, 4) is 0 Å². The molecule has 1 aromatic heterocycles. The number of likely N-dealkylation sites (tertiary alicyclic amines) is 1. The average molecular weight is 316 g/mol. The quantitative estimate of drug-likeness (QED) is 0.807. The average Bonchev–Trinajstić information content (AvgIpc) is 2.45. The number of nitrogens with two attached hydrogens (primary N) is 1. The molecule has 116 valence electrons. The highest BCUT2D eigenvalue weighted by Crippen LogP contribution is 2.17. The number of nitrogens with one attached hydrogen (secondary N) is 1. The van der Waals surface area contributed by atoms with Gasteiger partial charge in [0.1, 0.15) is 11.5 Å². The maximum atomic E-state index is 12.8. The minimum atomic E-state index is -3.73. The zero-order valence-corrected chi connectivity index (χ0v) is 12.1. The molecule has 0 aromatic carbocycles. The molecule has 7 nitrogen and oxygen atoms in total. The molecule has 1 unspecified atom stereocenters. The van der Waals surface area contributed by atoms with Gasteiger partial charge in [0.15, 0.2) is 0 Å². The number of carbonyl (C=O) groups is 1. The number of nitrogens with zero attached hydrogens (tertiary/aromatic N) is 2. The minimum Gasteiger partial charge on any atom is -0.337 e. The Morgan fingerprint density at radius 2 is 2.29 bits per heavy atom. The third kappa shape index (κ3) is 4.73. The fourth-order valence-corrected chi connectivity index (χ4v) is 2.78. The molecule has 0 radical (unpaired) electrons. The smallest absolute Gasteiger partial charge is 0.274 e. The van der Waals surface area contributed by atoms with Crippen LogP contribution in [0, 0.1) is 11.7 Å². The molecule has 1 aliphatic heterocycles. The van der Waals surface area contributed by atoms with Crippen LogP contribution in [0.1, 0.15) is 23.3 Å². The second-order valence-electron chi connectivity index (χ2n) is 5.01. The van der Waals surface area contributed by atoms with E-state index in [0.717, 1.165) is 19.0 Å². The molecule has 2 rings (SSSR count). The second-order valence-corrected chi connectivity index (χ2v) is 6.39. The zero-order chi connectivity index (χ0) is 15.5. The summed E-state index contributed by atoms with van der Waals surface area (Å²) in [5.74, 6) is -0.780. The van der Waals surface area contributed by atoms with Gasteiger partial charge in [-0.25, -0.2) is 19.2 Å². The lowest BCUT2D eigenvalue weighted by molar-refractivity contribution is 0.0670. The fourth-order valence-electron chi connectivity index (χ4n) is 2.31. The van der Waals surface area contributed by atoms with E-state index in [1.807, 2.05) is 0 Å². The van der Waals surface area contributed by atoms with Gasteiger partial charge in [0.25, 0.3) is 16.1 Å². The molecule has 1 aliphatic rings. The highest BCUT2D eigenvalue weighted by Gasteiger charge is 2.25. The molecule has 9 heteroatoms. The Bertz CT molecular complexity index is 605. The third-order valence-corrected chi connectivity index (χ3v) is 3.89. The number of hydrogen-bond acceptors (Lipinski definition) is 4. The largest absolute Gasteiger partial charge is 0.337 e. The lowest BCUT2D eigenvalue weighted by Crippen LogP contribution is -2.44. The Balaban J connectivity index is 1.97. The molecule has 1 fully saturated rings. The summed E-state index contributed by atoms with van der Waals surface area (Å²) in [6, 6.07) is 2.52. The van der Waals surface area contributed by atoms with Crippen molar-refractivity contribution >= 4 is 16.1 Å². The van der Waals surface area contributed by atoms with E-state index in [-0.39, 0.29) is 24.1 Å². The maximum Gasteiger partial charge on any atom is 0.274 e. The van der Waals surface area contributed by atoms with Crippen LogP contribution in [0.25, 0.3) is 0 Å². The molecular formula is C12H17FN4O3S. The maximum absolute atomic E-state index is 12.8. The number of hydrogen-bond donors (Lipinski definition) is 2. The first-order valence-electron chi connectivity index (χ1n) is 6.53. The summed E-state index contributed by atoms with van der Waals surface area (Å²) in [5.41, 5.74) is 0.177. The van der Waals surface area contributed by atoms with Crippen molar-refractivity contribution in [1.82, 2.24) is 14.6 Å². The monoisotopic (exact) mass is 316 g/mol. The Hall–Kier alpha value is -1.58. The molecule has 2 heterocycles. The van der Waals surface area contributed by atoms with Gasteiger partial charge in [-0.05, 0) is 30.9 Å². The number of aromatic nitrogens is 1. The molecule has 0 aliphatic carbocycles. The molecule has 1 saturated heterocycles. The van der Waals surface area contributed by atoms with Crippen LogP contribution in [-0.2, 0) is 10.2 Å². The first kappa shape index (κ1) is 15.8. The topological polar surface area (TPSA) is 105 Å². The SMILES string of the molecule is NS(=O)(=O)NCC1CCCN(C(=O)c2ccc(F)cn2)C1. The number of amides is 1. The van der Waals surface area contributed by atoms with Crippen molar-refractivity contribution in [2.45, 2.75) is 12.8 Å². The van der Waals surface area contributed by atoms with Gasteiger partial charge in [-0.3, -0.25) is 4.79 Å². The van der Waals surface area contributed by atoms with E-state index in [9.17, 15) is 17.6 Å². The summed E-state index contributed by atoms with van der Waals surface area (Å²) in [4.78, 5) is 17.6. The summed E-state index contributed by atoms with van der Waals surface area (Å²) >= 11 is 0. The van der Waals surface area contributed by atoms with Gasteiger partial charge in [-0.1, -0.05) is 0 Å². The number of piperidine rings is 1. The van der Waals surface area contributed by atoms with E-state index in [1.165, 1.54) is 12.1 Å². The van der Waals surface area contributed by atoms with Gasteiger partial charge >= 0.3 is 0 Å². The molecule has 1 aromatic rings. The van der Waals surface area contributed by atoms with Crippen molar-refractivity contribution in [3.63, 3.8) is 0 Å². The van der Waals surface area contributed by atoms with Crippen LogP contribution < -0.4 is 9.86 Å². The molecule has 3 N–H and O–H groups in total. The predicted octanol–water partition coefficient (Wildman–Crippen LogP) is -0.134. The number of carbonyl (C=O) groups excluding carboxylic acids is 1. The molecule has 21 heavy (non-hydrogen) atoms.